The molecule has 0 aliphatic carbocycles. The molecule has 0 aromatic heterocycles. The number of hydrogen-bond donors (Lipinski definition) is 1. The van der Waals surface area contributed by atoms with E-state index in [-0.39, 0.29) is 12.3 Å². The third kappa shape index (κ3) is 6.56. The molecular formula is C17H22N4O4. The molecule has 0 unspecified atom stereocenters. The quantitative estimate of drug-likeness (QED) is 0.277. The first-order valence-electron chi connectivity index (χ1n) is 7.71. The summed E-state index contributed by atoms with van der Waals surface area (Å²) in [5.41, 5.74) is 9.64. The van der Waals surface area contributed by atoms with Gasteiger partial charge in [0.1, 0.15) is 11.3 Å². The summed E-state index contributed by atoms with van der Waals surface area (Å²) in [4.78, 5) is 26.4. The zero-order valence-electron chi connectivity index (χ0n) is 15.0. The number of carbonyl (C=O) groups is 2. The van der Waals surface area contributed by atoms with Gasteiger partial charge in [-0.25, -0.2) is 9.59 Å². The monoisotopic (exact) mass is 346 g/mol. The number of anilines is 1. The Morgan fingerprint density at radius 1 is 1.36 bits per heavy atom. The van der Waals surface area contributed by atoms with E-state index in [1.807, 2.05) is 0 Å². The van der Waals surface area contributed by atoms with Crippen molar-refractivity contribution in [2.24, 2.45) is 5.11 Å². The van der Waals surface area contributed by atoms with E-state index >= 15 is 0 Å². The molecule has 0 spiro atoms. The van der Waals surface area contributed by atoms with Gasteiger partial charge in [0.25, 0.3) is 0 Å². The number of esters is 1. The van der Waals surface area contributed by atoms with E-state index in [1.54, 1.807) is 52.8 Å². The zero-order chi connectivity index (χ0) is 19.0. The summed E-state index contributed by atoms with van der Waals surface area (Å²) in [5, 5.41) is 6.03. The van der Waals surface area contributed by atoms with Gasteiger partial charge in [0.15, 0.2) is 0 Å². The third-order valence-electron chi connectivity index (χ3n) is 2.94. The molecule has 1 aromatic rings. The maximum Gasteiger partial charge on any atom is 0.412 e. The van der Waals surface area contributed by atoms with Crippen molar-refractivity contribution in [1.82, 2.24) is 0 Å². The van der Waals surface area contributed by atoms with E-state index in [9.17, 15) is 9.59 Å². The average molecular weight is 346 g/mol. The van der Waals surface area contributed by atoms with Crippen LogP contribution < -0.4 is 5.32 Å². The fourth-order valence-corrected chi connectivity index (χ4v) is 1.89. The smallest absolute Gasteiger partial charge is 0.412 e. The maximum absolute atomic E-state index is 11.9. The van der Waals surface area contributed by atoms with Gasteiger partial charge in [-0.15, -0.1) is 0 Å². The summed E-state index contributed by atoms with van der Waals surface area (Å²) >= 11 is 0. The van der Waals surface area contributed by atoms with Crippen LogP contribution in [0.1, 0.15) is 38.8 Å². The van der Waals surface area contributed by atoms with Crippen molar-refractivity contribution in [3.05, 3.63) is 45.5 Å². The summed E-state index contributed by atoms with van der Waals surface area (Å²) in [6.45, 7) is 8.88. The molecule has 1 rings (SSSR count). The summed E-state index contributed by atoms with van der Waals surface area (Å²) in [5.74, 6) is -0.717. The van der Waals surface area contributed by atoms with Crippen LogP contribution in [0.5, 0.6) is 0 Å². The first-order valence-corrected chi connectivity index (χ1v) is 7.71. The third-order valence-corrected chi connectivity index (χ3v) is 2.94. The lowest BCUT2D eigenvalue weighted by molar-refractivity contribution is -0.138. The van der Waals surface area contributed by atoms with Crippen molar-refractivity contribution in [2.75, 3.05) is 11.9 Å². The minimum absolute atomic E-state index is 0.163. The zero-order valence-corrected chi connectivity index (χ0v) is 15.0. The van der Waals surface area contributed by atoms with Crippen LogP contribution in [-0.4, -0.2) is 24.3 Å². The molecule has 0 aliphatic heterocycles. The Kier molecular flexibility index (Phi) is 7.02. The Hall–Kier alpha value is -2.99. The topological polar surface area (TPSA) is 113 Å². The second-order valence-corrected chi connectivity index (χ2v) is 6.09. The molecule has 25 heavy (non-hydrogen) atoms. The fraction of sp³-hybridized carbons (Fsp3) is 0.412. The molecule has 1 aromatic carbocycles. The highest BCUT2D eigenvalue weighted by atomic mass is 16.6. The van der Waals surface area contributed by atoms with Crippen molar-refractivity contribution in [3.63, 3.8) is 0 Å². The Morgan fingerprint density at radius 2 is 2.04 bits per heavy atom. The number of rotatable bonds is 5. The number of azide groups is 1. The molecule has 134 valence electrons. The number of ether oxygens (including phenoxy) is 2. The van der Waals surface area contributed by atoms with E-state index in [2.05, 4.69) is 15.3 Å². The standard InChI is InChI=1S/C17H22N4O4/c1-6-24-15(22)14(20-21-18)10-12-8-7-9-13(11(12)2)19-16(23)25-17(3,4)5/h7-10H,6H2,1-5H3,(H,19,23)/b14-10-. The number of carbonyl (C=O) groups excluding carboxylic acids is 2. The van der Waals surface area contributed by atoms with Gasteiger partial charge in [-0.1, -0.05) is 17.2 Å². The highest BCUT2D eigenvalue weighted by Crippen LogP contribution is 2.23. The maximum atomic E-state index is 11.9. The molecule has 0 saturated carbocycles. The first-order chi connectivity index (χ1) is 11.7. The van der Waals surface area contributed by atoms with E-state index in [4.69, 9.17) is 15.0 Å². The lowest BCUT2D eigenvalue weighted by Gasteiger charge is -2.20. The predicted octanol–water partition coefficient (Wildman–Crippen LogP) is 4.56. The SMILES string of the molecule is CCOC(=O)/C(=C/c1cccc(NC(=O)OC(C)(C)C)c1C)N=[N+]=[N-]. The molecule has 0 saturated heterocycles. The van der Waals surface area contributed by atoms with Gasteiger partial charge in [0.2, 0.25) is 0 Å². The lowest BCUT2D eigenvalue weighted by Crippen LogP contribution is -2.27. The van der Waals surface area contributed by atoms with Crippen LogP contribution >= 0.6 is 0 Å². The number of nitrogens with zero attached hydrogens (tertiary/aromatic N) is 3. The summed E-state index contributed by atoms with van der Waals surface area (Å²) in [7, 11) is 0. The van der Waals surface area contributed by atoms with Gasteiger partial charge < -0.3 is 9.47 Å². The van der Waals surface area contributed by atoms with Crippen molar-refractivity contribution < 1.29 is 19.1 Å². The van der Waals surface area contributed by atoms with E-state index in [0.717, 1.165) is 0 Å². The predicted molar refractivity (Wildman–Crippen MR) is 94.8 cm³/mol. The second kappa shape index (κ2) is 8.75. The molecule has 0 bridgehead atoms. The molecular weight excluding hydrogens is 324 g/mol. The molecule has 1 amide bonds. The number of amides is 1. The summed E-state index contributed by atoms with van der Waals surface area (Å²) < 4.78 is 10.1. The first kappa shape index (κ1) is 20.1. The molecule has 1 N–H and O–H groups in total. The largest absolute Gasteiger partial charge is 0.462 e. The molecule has 0 fully saturated rings. The van der Waals surface area contributed by atoms with Gasteiger partial charge in [-0.05, 0) is 63.4 Å². The average Bonchev–Trinajstić information content (AvgIpc) is 2.49. The molecule has 8 nitrogen and oxygen atoms in total. The van der Waals surface area contributed by atoms with E-state index in [0.29, 0.717) is 16.8 Å². The molecule has 0 radical (unpaired) electrons. The van der Waals surface area contributed by atoms with Crippen LogP contribution in [0.4, 0.5) is 10.5 Å². The van der Waals surface area contributed by atoms with Crippen molar-refractivity contribution in [3.8, 4) is 0 Å². The second-order valence-electron chi connectivity index (χ2n) is 6.09. The van der Waals surface area contributed by atoms with Gasteiger partial charge in [0, 0.05) is 10.6 Å². The Morgan fingerprint density at radius 3 is 2.60 bits per heavy atom. The fourth-order valence-electron chi connectivity index (χ4n) is 1.89. The van der Waals surface area contributed by atoms with Crippen LogP contribution in [0.25, 0.3) is 16.5 Å². The summed E-state index contributed by atoms with van der Waals surface area (Å²) in [6, 6.07) is 5.13. The van der Waals surface area contributed by atoms with Crippen molar-refractivity contribution in [2.45, 2.75) is 40.2 Å². The van der Waals surface area contributed by atoms with Crippen molar-refractivity contribution >= 4 is 23.8 Å². The molecule has 8 heteroatoms. The Labute approximate surface area is 146 Å². The minimum atomic E-state index is -0.717. The van der Waals surface area contributed by atoms with Crippen LogP contribution in [0, 0.1) is 6.92 Å². The lowest BCUT2D eigenvalue weighted by atomic mass is 10.1. The molecule has 0 aliphatic rings. The Bertz CT molecular complexity index is 729. The summed E-state index contributed by atoms with van der Waals surface area (Å²) in [6.07, 6.45) is 0.824. The normalized spacial score (nSPS) is 11.3. The van der Waals surface area contributed by atoms with Gasteiger partial charge in [-0.3, -0.25) is 5.32 Å². The van der Waals surface area contributed by atoms with Crippen LogP contribution in [0.3, 0.4) is 0 Å². The van der Waals surface area contributed by atoms with E-state index < -0.39 is 17.7 Å². The Balaban J connectivity index is 3.14. The molecule has 0 atom stereocenters. The number of nitrogens with one attached hydrogen (secondary N) is 1. The minimum Gasteiger partial charge on any atom is -0.462 e. The van der Waals surface area contributed by atoms with Gasteiger partial charge >= 0.3 is 12.1 Å². The number of hydrogen-bond acceptors (Lipinski definition) is 5. The van der Waals surface area contributed by atoms with Gasteiger partial charge in [-0.2, -0.15) is 0 Å². The van der Waals surface area contributed by atoms with Crippen LogP contribution in [-0.2, 0) is 14.3 Å². The van der Waals surface area contributed by atoms with E-state index in [1.165, 1.54) is 6.08 Å². The highest BCUT2D eigenvalue weighted by molar-refractivity contribution is 5.94. The van der Waals surface area contributed by atoms with Crippen molar-refractivity contribution in [1.29, 1.82) is 0 Å². The highest BCUT2D eigenvalue weighted by Gasteiger charge is 2.17. The number of benzene rings is 1. The van der Waals surface area contributed by atoms with Gasteiger partial charge in [0.05, 0.1) is 6.61 Å². The molecule has 0 heterocycles. The van der Waals surface area contributed by atoms with Crippen LogP contribution in [0.2, 0.25) is 0 Å². The van der Waals surface area contributed by atoms with Crippen LogP contribution in [0.15, 0.2) is 29.0 Å².